The zero-order valence-corrected chi connectivity index (χ0v) is 22.0. The number of nitrogen functional groups attached to an aromatic ring is 1. The molecular formula is C27H33N5O4Si. The van der Waals surface area contributed by atoms with Gasteiger partial charge in [0.1, 0.15) is 12.2 Å². The zero-order chi connectivity index (χ0) is 26.2. The summed E-state index contributed by atoms with van der Waals surface area (Å²) in [4.78, 5) is 13.2. The molecule has 2 aromatic heterocycles. The van der Waals surface area contributed by atoms with E-state index in [2.05, 4.69) is 40.2 Å². The summed E-state index contributed by atoms with van der Waals surface area (Å²) in [5.74, 6) is -0.239. The van der Waals surface area contributed by atoms with Crippen LogP contribution < -0.4 is 15.7 Å². The summed E-state index contributed by atoms with van der Waals surface area (Å²) in [5, 5.41) is 34.1. The van der Waals surface area contributed by atoms with Crippen LogP contribution >= 0.6 is 0 Å². The molecule has 0 amide bonds. The molecular weight excluding hydrogens is 486 g/mol. The van der Waals surface area contributed by atoms with Gasteiger partial charge < -0.3 is 30.4 Å². The van der Waals surface area contributed by atoms with Gasteiger partial charge >= 0.3 is 0 Å². The van der Waals surface area contributed by atoms with Crippen LogP contribution in [0.2, 0.25) is 18.6 Å². The van der Waals surface area contributed by atoms with Crippen molar-refractivity contribution in [3.05, 3.63) is 72.6 Å². The minimum absolute atomic E-state index is 0.00696. The van der Waals surface area contributed by atoms with Crippen LogP contribution in [-0.2, 0) is 6.61 Å². The molecule has 0 spiro atoms. The highest BCUT2D eigenvalue weighted by Crippen LogP contribution is 2.54. The molecule has 0 aliphatic heterocycles. The molecule has 9 nitrogen and oxygen atoms in total. The SMILES string of the molecule is C[Si](C)(c1ccccc1)[C@H]1C[C@H](n2cnc3c(OCc4ccccc4)nc(N)nc32)[C@](O)(CO)C1CO. The lowest BCUT2D eigenvalue weighted by molar-refractivity contribution is -0.0836. The maximum absolute atomic E-state index is 11.9. The Morgan fingerprint density at radius 3 is 2.38 bits per heavy atom. The number of fused-ring (bicyclic) bond motifs is 1. The van der Waals surface area contributed by atoms with Gasteiger partial charge in [0.15, 0.2) is 11.2 Å². The fourth-order valence-electron chi connectivity index (χ4n) is 5.91. The lowest BCUT2D eigenvalue weighted by Gasteiger charge is -2.38. The number of hydrogen-bond acceptors (Lipinski definition) is 8. The van der Waals surface area contributed by atoms with Gasteiger partial charge in [-0.1, -0.05) is 78.9 Å². The largest absolute Gasteiger partial charge is 0.471 e. The lowest BCUT2D eigenvalue weighted by atomic mass is 9.89. The molecule has 2 aromatic carbocycles. The Hall–Kier alpha value is -3.31. The second kappa shape index (κ2) is 9.86. The van der Waals surface area contributed by atoms with Gasteiger partial charge in [0, 0.05) is 12.5 Å². The Bertz CT molecular complexity index is 1370. The van der Waals surface area contributed by atoms with Crippen molar-refractivity contribution in [1.82, 2.24) is 19.5 Å². The molecule has 1 unspecified atom stereocenters. The Balaban J connectivity index is 1.54. The lowest BCUT2D eigenvalue weighted by Crippen LogP contribution is -2.52. The quantitative estimate of drug-likeness (QED) is 0.260. The second-order valence-electron chi connectivity index (χ2n) is 10.4. The van der Waals surface area contributed by atoms with Crippen LogP contribution in [0.15, 0.2) is 67.0 Å². The van der Waals surface area contributed by atoms with Gasteiger partial charge in [-0.3, -0.25) is 0 Å². The van der Waals surface area contributed by atoms with Crippen molar-refractivity contribution in [3.8, 4) is 5.88 Å². The van der Waals surface area contributed by atoms with Crippen molar-refractivity contribution in [3.63, 3.8) is 0 Å². The van der Waals surface area contributed by atoms with E-state index in [-0.39, 0.29) is 30.6 Å². The molecule has 10 heteroatoms. The first-order chi connectivity index (χ1) is 17.8. The highest BCUT2D eigenvalue weighted by atomic mass is 28.3. The van der Waals surface area contributed by atoms with Crippen LogP contribution in [-0.4, -0.2) is 61.7 Å². The van der Waals surface area contributed by atoms with Crippen LogP contribution in [0.4, 0.5) is 5.95 Å². The number of anilines is 1. The van der Waals surface area contributed by atoms with Gasteiger partial charge in [-0.25, -0.2) is 4.98 Å². The maximum atomic E-state index is 11.9. The minimum atomic E-state index is -2.18. The number of aliphatic hydroxyl groups is 3. The molecule has 0 radical (unpaired) electrons. The number of hydrogen-bond donors (Lipinski definition) is 4. The van der Waals surface area contributed by atoms with Crippen molar-refractivity contribution in [2.45, 2.75) is 43.3 Å². The summed E-state index contributed by atoms with van der Waals surface area (Å²) in [6, 6.07) is 19.4. The summed E-state index contributed by atoms with van der Waals surface area (Å²) < 4.78 is 7.73. The number of nitrogens with zero attached hydrogens (tertiary/aromatic N) is 4. The molecule has 1 aliphatic rings. The molecule has 0 saturated heterocycles. The minimum Gasteiger partial charge on any atom is -0.471 e. The second-order valence-corrected chi connectivity index (χ2v) is 15.1. The van der Waals surface area contributed by atoms with E-state index >= 15 is 0 Å². The Morgan fingerprint density at radius 2 is 1.73 bits per heavy atom. The number of rotatable bonds is 8. The van der Waals surface area contributed by atoms with E-state index in [4.69, 9.17) is 10.5 Å². The summed E-state index contributed by atoms with van der Waals surface area (Å²) in [6.45, 7) is 4.04. The van der Waals surface area contributed by atoms with Crippen LogP contribution in [0.3, 0.4) is 0 Å². The third-order valence-corrected chi connectivity index (χ3v) is 12.4. The van der Waals surface area contributed by atoms with E-state index < -0.39 is 32.2 Å². The predicted octanol–water partition coefficient (Wildman–Crippen LogP) is 2.25. The molecule has 37 heavy (non-hydrogen) atoms. The van der Waals surface area contributed by atoms with E-state index in [9.17, 15) is 15.3 Å². The molecule has 4 atom stereocenters. The first kappa shape index (κ1) is 25.3. The summed E-state index contributed by atoms with van der Waals surface area (Å²) >= 11 is 0. The van der Waals surface area contributed by atoms with Gasteiger partial charge in [0.2, 0.25) is 11.8 Å². The standard InChI is InChI=1S/C27H33N5O4Si/c1-37(2,19-11-7-4-8-12-19)21-13-22(27(35,16-34)20(21)14-33)32-17-29-23-24(32)30-26(28)31-25(23)36-15-18-9-5-3-6-10-18/h3-12,17,20-22,33-35H,13-16H2,1-2H3,(H2,28,30,31)/t20?,21-,22-,27-/m0/s1. The average molecular weight is 520 g/mol. The monoisotopic (exact) mass is 519 g/mol. The van der Waals surface area contributed by atoms with Crippen LogP contribution in [0.1, 0.15) is 18.0 Å². The van der Waals surface area contributed by atoms with Gasteiger partial charge in [-0.2, -0.15) is 9.97 Å². The highest BCUT2D eigenvalue weighted by Gasteiger charge is 2.59. The number of aromatic nitrogens is 4. The molecule has 194 valence electrons. The van der Waals surface area contributed by atoms with Gasteiger partial charge in [0.25, 0.3) is 0 Å². The average Bonchev–Trinajstić information content (AvgIpc) is 3.46. The summed E-state index contributed by atoms with van der Waals surface area (Å²) in [5.41, 5.74) is 6.30. The van der Waals surface area contributed by atoms with Crippen LogP contribution in [0, 0.1) is 5.92 Å². The van der Waals surface area contributed by atoms with Crippen LogP contribution in [0.25, 0.3) is 11.2 Å². The van der Waals surface area contributed by atoms with E-state index in [0.717, 1.165) is 5.56 Å². The van der Waals surface area contributed by atoms with Crippen molar-refractivity contribution in [2.24, 2.45) is 5.92 Å². The van der Waals surface area contributed by atoms with Gasteiger partial charge in [0.05, 0.1) is 27.0 Å². The molecule has 1 aliphatic carbocycles. The molecule has 1 saturated carbocycles. The predicted molar refractivity (Wildman–Crippen MR) is 144 cm³/mol. The van der Waals surface area contributed by atoms with Gasteiger partial charge in [-0.15, -0.1) is 0 Å². The Labute approximate surface area is 216 Å². The number of aliphatic hydroxyl groups excluding tert-OH is 2. The first-order valence-electron chi connectivity index (χ1n) is 12.5. The summed E-state index contributed by atoms with van der Waals surface area (Å²) in [6.07, 6.45) is 2.14. The Morgan fingerprint density at radius 1 is 1.05 bits per heavy atom. The molecule has 4 aromatic rings. The number of benzene rings is 2. The molecule has 1 fully saturated rings. The third-order valence-electron chi connectivity index (χ3n) is 8.04. The van der Waals surface area contributed by atoms with Crippen molar-refractivity contribution < 1.29 is 20.1 Å². The number of imidazole rings is 1. The van der Waals surface area contributed by atoms with E-state index in [1.54, 1.807) is 10.9 Å². The molecule has 0 bridgehead atoms. The summed E-state index contributed by atoms with van der Waals surface area (Å²) in [7, 11) is -2.18. The maximum Gasteiger partial charge on any atom is 0.247 e. The molecule has 5 N–H and O–H groups in total. The highest BCUT2D eigenvalue weighted by molar-refractivity contribution is 6.91. The number of ether oxygens (including phenoxy) is 1. The van der Waals surface area contributed by atoms with Gasteiger partial charge in [-0.05, 0) is 17.5 Å². The number of nitrogens with two attached hydrogens (primary N) is 1. The van der Waals surface area contributed by atoms with E-state index in [1.807, 2.05) is 48.5 Å². The first-order valence-corrected chi connectivity index (χ1v) is 15.5. The van der Waals surface area contributed by atoms with Crippen LogP contribution in [0.5, 0.6) is 5.88 Å². The third kappa shape index (κ3) is 4.40. The topological polar surface area (TPSA) is 140 Å². The molecule has 2 heterocycles. The Kier molecular flexibility index (Phi) is 6.75. The fourth-order valence-corrected chi connectivity index (χ4v) is 9.60. The normalized spacial score (nSPS) is 24.0. The fraction of sp³-hybridized carbons (Fsp3) is 0.370. The van der Waals surface area contributed by atoms with Crippen molar-refractivity contribution in [1.29, 1.82) is 0 Å². The smallest absolute Gasteiger partial charge is 0.247 e. The van der Waals surface area contributed by atoms with E-state index in [0.29, 0.717) is 17.6 Å². The zero-order valence-electron chi connectivity index (χ0n) is 21.0. The molecule has 5 rings (SSSR count). The van der Waals surface area contributed by atoms with E-state index in [1.165, 1.54) is 5.19 Å². The van der Waals surface area contributed by atoms with Crippen molar-refractivity contribution in [2.75, 3.05) is 18.9 Å². The van der Waals surface area contributed by atoms with Crippen molar-refractivity contribution >= 4 is 30.4 Å².